The molecule has 3 heterocycles. The second-order valence-electron chi connectivity index (χ2n) is 5.16. The van der Waals surface area contributed by atoms with Crippen LogP contribution in [0.2, 0.25) is 0 Å². The zero-order valence-electron chi connectivity index (χ0n) is 12.2. The summed E-state index contributed by atoms with van der Waals surface area (Å²) in [7, 11) is 0. The number of halogens is 2. The summed E-state index contributed by atoms with van der Waals surface area (Å²) in [5.41, 5.74) is 0.157. The quantitative estimate of drug-likeness (QED) is 0.570. The van der Waals surface area contributed by atoms with E-state index in [0.29, 0.717) is 11.2 Å². The van der Waals surface area contributed by atoms with E-state index in [1.54, 1.807) is 35.4 Å². The lowest BCUT2D eigenvalue weighted by Crippen LogP contribution is -2.10. The lowest BCUT2D eigenvalue weighted by Gasteiger charge is -2.12. The summed E-state index contributed by atoms with van der Waals surface area (Å²) in [5.74, 6) is -0.884. The van der Waals surface area contributed by atoms with Gasteiger partial charge in [0.05, 0.1) is 11.1 Å². The number of imidazole rings is 1. The van der Waals surface area contributed by atoms with Crippen molar-refractivity contribution in [3.63, 3.8) is 0 Å². The molecule has 0 fully saturated rings. The van der Waals surface area contributed by atoms with Gasteiger partial charge < -0.3 is 0 Å². The summed E-state index contributed by atoms with van der Waals surface area (Å²) in [4.78, 5) is 20.5. The van der Waals surface area contributed by atoms with Gasteiger partial charge in [0.25, 0.3) is 0 Å². The topological polar surface area (TPSA) is 52.7 Å². The molecule has 0 aliphatic heterocycles. The van der Waals surface area contributed by atoms with E-state index < -0.39 is 11.6 Å². The molecule has 0 aliphatic rings. The number of fused-ring (bicyclic) bond motifs is 1. The fraction of sp³-hybridized carbons (Fsp3) is 0. The van der Waals surface area contributed by atoms with Gasteiger partial charge in [-0.1, -0.05) is 0 Å². The van der Waals surface area contributed by atoms with Crippen molar-refractivity contribution >= 4 is 11.0 Å². The Morgan fingerprint density at radius 3 is 2.62 bits per heavy atom. The van der Waals surface area contributed by atoms with Crippen molar-refractivity contribution in [1.29, 1.82) is 0 Å². The SMILES string of the molecule is O=c1ccn(-c2ccc(F)cc2F)c2nc(-n3ccnc3)ccc12. The number of rotatable bonds is 2. The molecular formula is C17H10F2N4O. The molecule has 0 saturated heterocycles. The van der Waals surface area contributed by atoms with Crippen LogP contribution in [0.4, 0.5) is 8.78 Å². The van der Waals surface area contributed by atoms with Gasteiger partial charge in [-0.2, -0.15) is 0 Å². The third-order valence-electron chi connectivity index (χ3n) is 3.67. The summed E-state index contributed by atoms with van der Waals surface area (Å²) in [5, 5.41) is 0.338. The van der Waals surface area contributed by atoms with Crippen LogP contribution in [0.25, 0.3) is 22.5 Å². The largest absolute Gasteiger partial charge is 0.298 e. The van der Waals surface area contributed by atoms with Crippen molar-refractivity contribution < 1.29 is 8.78 Å². The minimum Gasteiger partial charge on any atom is -0.298 e. The Balaban J connectivity index is 2.03. The summed E-state index contributed by atoms with van der Waals surface area (Å²) in [6.45, 7) is 0. The first-order valence-electron chi connectivity index (χ1n) is 7.10. The van der Waals surface area contributed by atoms with E-state index in [4.69, 9.17) is 0 Å². The average Bonchev–Trinajstić information content (AvgIpc) is 3.10. The number of hydrogen-bond acceptors (Lipinski definition) is 3. The van der Waals surface area contributed by atoms with Crippen LogP contribution in [0.3, 0.4) is 0 Å². The number of hydrogen-bond donors (Lipinski definition) is 0. The molecule has 0 saturated carbocycles. The lowest BCUT2D eigenvalue weighted by molar-refractivity contribution is 0.578. The van der Waals surface area contributed by atoms with E-state index in [1.807, 2.05) is 0 Å². The average molecular weight is 324 g/mol. The second-order valence-corrected chi connectivity index (χ2v) is 5.16. The predicted molar refractivity (Wildman–Crippen MR) is 84.4 cm³/mol. The Labute approximate surface area is 134 Å². The smallest absolute Gasteiger partial charge is 0.191 e. The minimum absolute atomic E-state index is 0.108. The number of aromatic nitrogens is 4. The van der Waals surface area contributed by atoms with Crippen molar-refractivity contribution in [2.24, 2.45) is 0 Å². The van der Waals surface area contributed by atoms with Gasteiger partial charge in [0, 0.05) is 30.7 Å². The molecule has 0 spiro atoms. The van der Waals surface area contributed by atoms with Gasteiger partial charge in [0.2, 0.25) is 0 Å². The van der Waals surface area contributed by atoms with E-state index in [1.165, 1.54) is 22.9 Å². The highest BCUT2D eigenvalue weighted by molar-refractivity contribution is 5.77. The highest BCUT2D eigenvalue weighted by atomic mass is 19.1. The molecule has 0 amide bonds. The Kier molecular flexibility index (Phi) is 3.19. The van der Waals surface area contributed by atoms with Gasteiger partial charge >= 0.3 is 0 Å². The number of pyridine rings is 2. The minimum atomic E-state index is -0.741. The Morgan fingerprint density at radius 2 is 1.88 bits per heavy atom. The van der Waals surface area contributed by atoms with Crippen molar-refractivity contribution in [1.82, 2.24) is 19.1 Å². The highest BCUT2D eigenvalue weighted by Crippen LogP contribution is 2.19. The van der Waals surface area contributed by atoms with Crippen LogP contribution in [0, 0.1) is 11.6 Å². The molecule has 7 heteroatoms. The zero-order chi connectivity index (χ0) is 16.7. The van der Waals surface area contributed by atoms with Gasteiger partial charge in [-0.15, -0.1) is 0 Å². The van der Waals surface area contributed by atoms with Crippen LogP contribution in [-0.4, -0.2) is 19.1 Å². The molecule has 24 heavy (non-hydrogen) atoms. The fourth-order valence-corrected chi connectivity index (χ4v) is 2.53. The fourth-order valence-electron chi connectivity index (χ4n) is 2.53. The third-order valence-corrected chi connectivity index (χ3v) is 3.67. The van der Waals surface area contributed by atoms with E-state index in [-0.39, 0.29) is 16.8 Å². The summed E-state index contributed by atoms with van der Waals surface area (Å²) in [6, 6.07) is 7.87. The van der Waals surface area contributed by atoms with Gasteiger partial charge in [0.1, 0.15) is 23.8 Å². The predicted octanol–water partition coefficient (Wildman–Crippen LogP) is 2.85. The molecule has 5 nitrogen and oxygen atoms in total. The van der Waals surface area contributed by atoms with Crippen molar-refractivity contribution in [3.8, 4) is 11.5 Å². The summed E-state index contributed by atoms with van der Waals surface area (Å²) >= 11 is 0. The van der Waals surface area contributed by atoms with Crippen LogP contribution < -0.4 is 5.43 Å². The monoisotopic (exact) mass is 324 g/mol. The molecule has 0 atom stereocenters. The standard InChI is InChI=1S/C17H10F2N4O/c18-11-1-3-14(13(19)9-11)23-7-5-15(24)12-2-4-16(21-17(12)23)22-8-6-20-10-22/h1-10H. The van der Waals surface area contributed by atoms with Gasteiger partial charge in [-0.3, -0.25) is 13.9 Å². The number of benzene rings is 1. The van der Waals surface area contributed by atoms with Crippen LogP contribution >= 0.6 is 0 Å². The van der Waals surface area contributed by atoms with Crippen molar-refractivity contribution in [2.45, 2.75) is 0 Å². The first-order valence-corrected chi connectivity index (χ1v) is 7.10. The molecule has 0 radical (unpaired) electrons. The van der Waals surface area contributed by atoms with Gasteiger partial charge in [0.15, 0.2) is 11.1 Å². The molecule has 3 aromatic heterocycles. The molecule has 0 bridgehead atoms. The van der Waals surface area contributed by atoms with E-state index in [9.17, 15) is 13.6 Å². The van der Waals surface area contributed by atoms with E-state index >= 15 is 0 Å². The first-order chi connectivity index (χ1) is 11.6. The Morgan fingerprint density at radius 1 is 1.00 bits per heavy atom. The normalized spacial score (nSPS) is 11.1. The highest BCUT2D eigenvalue weighted by Gasteiger charge is 2.12. The molecule has 118 valence electrons. The Hall–Kier alpha value is -3.35. The molecule has 4 aromatic rings. The van der Waals surface area contributed by atoms with Crippen molar-refractivity contribution in [2.75, 3.05) is 0 Å². The Bertz CT molecular complexity index is 1100. The first kappa shape index (κ1) is 14.3. The van der Waals surface area contributed by atoms with Gasteiger partial charge in [-0.05, 0) is 24.3 Å². The van der Waals surface area contributed by atoms with Crippen LogP contribution in [0.1, 0.15) is 0 Å². The zero-order valence-corrected chi connectivity index (χ0v) is 12.2. The molecule has 0 unspecified atom stereocenters. The van der Waals surface area contributed by atoms with E-state index in [0.717, 1.165) is 12.1 Å². The lowest BCUT2D eigenvalue weighted by atomic mass is 10.2. The summed E-state index contributed by atoms with van der Waals surface area (Å²) < 4.78 is 30.4. The molecule has 4 rings (SSSR count). The maximum absolute atomic E-state index is 14.2. The molecule has 0 N–H and O–H groups in total. The number of nitrogens with zero attached hydrogens (tertiary/aromatic N) is 4. The van der Waals surface area contributed by atoms with E-state index in [2.05, 4.69) is 9.97 Å². The van der Waals surface area contributed by atoms with Crippen LogP contribution in [0.5, 0.6) is 0 Å². The maximum Gasteiger partial charge on any atom is 0.191 e. The van der Waals surface area contributed by atoms with Crippen LogP contribution in [0.15, 0.2) is 66.1 Å². The van der Waals surface area contributed by atoms with Crippen molar-refractivity contribution in [3.05, 3.63) is 83.2 Å². The van der Waals surface area contributed by atoms with Crippen LogP contribution in [-0.2, 0) is 0 Å². The molecular weight excluding hydrogens is 314 g/mol. The third kappa shape index (κ3) is 2.26. The van der Waals surface area contributed by atoms with Gasteiger partial charge in [-0.25, -0.2) is 18.7 Å². The maximum atomic E-state index is 14.2. The molecule has 0 aliphatic carbocycles. The molecule has 1 aromatic carbocycles. The summed E-state index contributed by atoms with van der Waals surface area (Å²) in [6.07, 6.45) is 6.30. The second kappa shape index (κ2) is 5.38.